The van der Waals surface area contributed by atoms with Gasteiger partial charge in [0.1, 0.15) is 5.75 Å². The van der Waals surface area contributed by atoms with E-state index in [1.807, 2.05) is 26.0 Å². The molecule has 1 aliphatic rings. The van der Waals surface area contributed by atoms with E-state index in [2.05, 4.69) is 26.6 Å². The van der Waals surface area contributed by atoms with E-state index in [9.17, 15) is 9.59 Å². The minimum atomic E-state index is -0.221. The number of carbonyl (C=O) groups excluding carboxylic acids is 2. The number of rotatable bonds is 7. The van der Waals surface area contributed by atoms with Crippen molar-refractivity contribution in [3.05, 3.63) is 52.0 Å². The fourth-order valence-electron chi connectivity index (χ4n) is 2.59. The molecule has 142 valence electrons. The van der Waals surface area contributed by atoms with Crippen LogP contribution in [0.3, 0.4) is 0 Å². The number of hydrogen-bond acceptors (Lipinski definition) is 3. The quantitative estimate of drug-likeness (QED) is 0.638. The maximum atomic E-state index is 12.6. The highest BCUT2D eigenvalue weighted by atomic mass is 79.9. The van der Waals surface area contributed by atoms with Crippen molar-refractivity contribution in [1.29, 1.82) is 0 Å². The van der Waals surface area contributed by atoms with Gasteiger partial charge in [0.15, 0.2) is 0 Å². The van der Waals surface area contributed by atoms with Crippen molar-refractivity contribution in [3.63, 3.8) is 0 Å². The van der Waals surface area contributed by atoms with Gasteiger partial charge >= 0.3 is 0 Å². The largest absolute Gasteiger partial charge is 0.492 e. The Kier molecular flexibility index (Phi) is 6.16. The van der Waals surface area contributed by atoms with E-state index in [4.69, 9.17) is 4.74 Å². The molecule has 2 aromatic carbocycles. The van der Waals surface area contributed by atoms with Crippen molar-refractivity contribution >= 4 is 39.1 Å². The van der Waals surface area contributed by atoms with Crippen LogP contribution in [0.2, 0.25) is 0 Å². The summed E-state index contributed by atoms with van der Waals surface area (Å²) in [6.07, 6.45) is 2.82. The number of nitrogens with one attached hydrogen (secondary N) is 2. The third kappa shape index (κ3) is 5.10. The van der Waals surface area contributed by atoms with Crippen molar-refractivity contribution in [1.82, 2.24) is 0 Å². The normalized spacial score (nSPS) is 13.1. The van der Waals surface area contributed by atoms with Crippen LogP contribution < -0.4 is 15.4 Å². The SMILES string of the molecule is CCCOc1ccc(C(=O)Nc2ccc(C)c(NC(=O)C3CC3)c2)cc1Br. The van der Waals surface area contributed by atoms with E-state index in [0.717, 1.165) is 35.0 Å². The summed E-state index contributed by atoms with van der Waals surface area (Å²) in [5, 5.41) is 5.83. The molecule has 1 aliphatic carbocycles. The molecule has 0 unspecified atom stereocenters. The summed E-state index contributed by atoms with van der Waals surface area (Å²) < 4.78 is 6.35. The van der Waals surface area contributed by atoms with E-state index in [0.29, 0.717) is 23.6 Å². The smallest absolute Gasteiger partial charge is 0.255 e. The third-order valence-electron chi connectivity index (χ3n) is 4.36. The molecule has 0 saturated heterocycles. The van der Waals surface area contributed by atoms with Crippen molar-refractivity contribution in [3.8, 4) is 5.75 Å². The number of halogens is 1. The Morgan fingerprint density at radius 3 is 2.59 bits per heavy atom. The van der Waals surface area contributed by atoms with Crippen molar-refractivity contribution < 1.29 is 14.3 Å². The molecule has 0 aromatic heterocycles. The lowest BCUT2D eigenvalue weighted by Crippen LogP contribution is -2.15. The van der Waals surface area contributed by atoms with Gasteiger partial charge in [-0.1, -0.05) is 13.0 Å². The summed E-state index contributed by atoms with van der Waals surface area (Å²) in [5.74, 6) is 0.677. The topological polar surface area (TPSA) is 67.4 Å². The van der Waals surface area contributed by atoms with E-state index < -0.39 is 0 Å². The predicted octanol–water partition coefficient (Wildman–Crippen LogP) is 5.15. The lowest BCUT2D eigenvalue weighted by molar-refractivity contribution is -0.117. The maximum Gasteiger partial charge on any atom is 0.255 e. The van der Waals surface area contributed by atoms with Gasteiger partial charge in [-0.05, 0) is 78.0 Å². The Bertz CT molecular complexity index is 863. The van der Waals surface area contributed by atoms with Gasteiger partial charge in [-0.25, -0.2) is 0 Å². The van der Waals surface area contributed by atoms with Gasteiger partial charge in [0.05, 0.1) is 11.1 Å². The summed E-state index contributed by atoms with van der Waals surface area (Å²) >= 11 is 3.45. The first-order valence-electron chi connectivity index (χ1n) is 9.13. The van der Waals surface area contributed by atoms with Gasteiger partial charge in [0.2, 0.25) is 5.91 Å². The minimum absolute atomic E-state index is 0.0492. The molecule has 3 rings (SSSR count). The molecule has 1 fully saturated rings. The highest BCUT2D eigenvalue weighted by molar-refractivity contribution is 9.10. The second kappa shape index (κ2) is 8.57. The fraction of sp³-hybridized carbons (Fsp3) is 0.333. The molecule has 0 atom stereocenters. The fourth-order valence-corrected chi connectivity index (χ4v) is 3.08. The van der Waals surface area contributed by atoms with Crippen molar-refractivity contribution in [2.45, 2.75) is 33.1 Å². The molecular formula is C21H23BrN2O3. The molecule has 0 bridgehead atoms. The van der Waals surface area contributed by atoms with E-state index in [1.54, 1.807) is 24.3 Å². The standard InChI is InChI=1S/C21H23BrN2O3/c1-3-10-27-19-9-7-15(11-17(19)22)21(26)23-16-8-4-13(2)18(12-16)24-20(25)14-5-6-14/h4,7-9,11-12,14H,3,5-6,10H2,1-2H3,(H,23,26)(H,24,25). The van der Waals surface area contributed by atoms with E-state index in [1.165, 1.54) is 0 Å². The maximum absolute atomic E-state index is 12.6. The molecule has 27 heavy (non-hydrogen) atoms. The van der Waals surface area contributed by atoms with Crippen LogP contribution in [-0.2, 0) is 4.79 Å². The molecule has 1 saturated carbocycles. The highest BCUT2D eigenvalue weighted by Crippen LogP contribution is 2.31. The van der Waals surface area contributed by atoms with E-state index >= 15 is 0 Å². The van der Waals surface area contributed by atoms with Gasteiger partial charge in [-0.2, -0.15) is 0 Å². The Morgan fingerprint density at radius 1 is 1.15 bits per heavy atom. The second-order valence-corrected chi connectivity index (χ2v) is 7.60. The van der Waals surface area contributed by atoms with Crippen LogP contribution in [0.4, 0.5) is 11.4 Å². The molecular weight excluding hydrogens is 408 g/mol. The summed E-state index contributed by atoms with van der Waals surface area (Å²) in [4.78, 5) is 24.6. The monoisotopic (exact) mass is 430 g/mol. The average molecular weight is 431 g/mol. The molecule has 2 amide bonds. The van der Waals surface area contributed by atoms with Crippen molar-refractivity contribution in [2.24, 2.45) is 5.92 Å². The first-order chi connectivity index (χ1) is 13.0. The Labute approximate surface area is 167 Å². The van der Waals surface area contributed by atoms with Gasteiger partial charge in [0.25, 0.3) is 5.91 Å². The summed E-state index contributed by atoms with van der Waals surface area (Å²) in [6, 6.07) is 10.8. The first kappa shape index (κ1) is 19.4. The van der Waals surface area contributed by atoms with Crippen LogP contribution in [0, 0.1) is 12.8 Å². The van der Waals surface area contributed by atoms with Gasteiger partial charge in [0, 0.05) is 22.9 Å². The molecule has 0 spiro atoms. The molecule has 2 N–H and O–H groups in total. The highest BCUT2D eigenvalue weighted by Gasteiger charge is 2.29. The Balaban J connectivity index is 1.70. The zero-order valence-electron chi connectivity index (χ0n) is 15.5. The number of carbonyl (C=O) groups is 2. The lowest BCUT2D eigenvalue weighted by Gasteiger charge is -2.12. The summed E-state index contributed by atoms with van der Waals surface area (Å²) in [5.41, 5.74) is 2.85. The predicted molar refractivity (Wildman–Crippen MR) is 110 cm³/mol. The van der Waals surface area contributed by atoms with Crippen molar-refractivity contribution in [2.75, 3.05) is 17.2 Å². The van der Waals surface area contributed by atoms with Gasteiger partial charge < -0.3 is 15.4 Å². The number of anilines is 2. The molecule has 0 heterocycles. The molecule has 2 aromatic rings. The van der Waals surface area contributed by atoms with Crippen LogP contribution in [0.25, 0.3) is 0 Å². The first-order valence-corrected chi connectivity index (χ1v) is 9.92. The average Bonchev–Trinajstić information content (AvgIpc) is 3.48. The van der Waals surface area contributed by atoms with Crippen LogP contribution in [0.1, 0.15) is 42.1 Å². The Morgan fingerprint density at radius 2 is 1.93 bits per heavy atom. The van der Waals surface area contributed by atoms with Crippen LogP contribution >= 0.6 is 15.9 Å². The van der Waals surface area contributed by atoms with Crippen LogP contribution in [0.5, 0.6) is 5.75 Å². The summed E-state index contributed by atoms with van der Waals surface area (Å²) in [6.45, 7) is 4.60. The summed E-state index contributed by atoms with van der Waals surface area (Å²) in [7, 11) is 0. The minimum Gasteiger partial charge on any atom is -0.492 e. The van der Waals surface area contributed by atoms with Gasteiger partial charge in [-0.3, -0.25) is 9.59 Å². The Hall–Kier alpha value is -2.34. The zero-order valence-corrected chi connectivity index (χ0v) is 17.1. The molecule has 0 radical (unpaired) electrons. The molecule has 0 aliphatic heterocycles. The lowest BCUT2D eigenvalue weighted by atomic mass is 10.1. The molecule has 5 nitrogen and oxygen atoms in total. The van der Waals surface area contributed by atoms with Crippen LogP contribution in [0.15, 0.2) is 40.9 Å². The number of hydrogen-bond donors (Lipinski definition) is 2. The zero-order chi connectivity index (χ0) is 19.4. The number of amides is 2. The van der Waals surface area contributed by atoms with Crippen LogP contribution in [-0.4, -0.2) is 18.4 Å². The third-order valence-corrected chi connectivity index (χ3v) is 4.98. The van der Waals surface area contributed by atoms with Gasteiger partial charge in [-0.15, -0.1) is 0 Å². The number of ether oxygens (including phenoxy) is 1. The number of benzene rings is 2. The number of aryl methyl sites for hydroxylation is 1. The second-order valence-electron chi connectivity index (χ2n) is 6.74. The molecule has 6 heteroatoms. The van der Waals surface area contributed by atoms with E-state index in [-0.39, 0.29) is 17.7 Å².